The molecule has 1 aromatic heterocycles. The minimum atomic E-state index is 0.0988. The molecule has 0 N–H and O–H groups in total. The molecule has 0 aliphatic carbocycles. The number of hydrogen-bond donors (Lipinski definition) is 0. The van der Waals surface area contributed by atoms with Gasteiger partial charge in [0.1, 0.15) is 11.9 Å². The van der Waals surface area contributed by atoms with Crippen molar-refractivity contribution in [2.45, 2.75) is 25.4 Å². The van der Waals surface area contributed by atoms with Gasteiger partial charge in [-0.3, -0.25) is 0 Å². The molecule has 0 bridgehead atoms. The highest BCUT2D eigenvalue weighted by molar-refractivity contribution is 5.77. The molecule has 1 aromatic carbocycles. The molecule has 0 saturated carbocycles. The van der Waals surface area contributed by atoms with Gasteiger partial charge in [0.15, 0.2) is 0 Å². The van der Waals surface area contributed by atoms with Crippen LogP contribution >= 0.6 is 0 Å². The third-order valence-corrected chi connectivity index (χ3v) is 3.51. The standard InChI is InChI=1S/C14H15N3O/c1-17-12-6-5-10(9-15)8-11(12)16-14(17)13-4-2-3-7-18-13/h5-6,8,13H,2-4,7H2,1H3. The van der Waals surface area contributed by atoms with Gasteiger partial charge in [-0.25, -0.2) is 4.98 Å². The first-order chi connectivity index (χ1) is 8.79. The van der Waals surface area contributed by atoms with Crippen molar-refractivity contribution in [2.24, 2.45) is 7.05 Å². The number of rotatable bonds is 1. The van der Waals surface area contributed by atoms with E-state index in [1.165, 1.54) is 6.42 Å². The van der Waals surface area contributed by atoms with E-state index in [2.05, 4.69) is 15.6 Å². The molecule has 2 aromatic rings. The maximum atomic E-state index is 8.91. The number of hydrogen-bond acceptors (Lipinski definition) is 3. The van der Waals surface area contributed by atoms with Gasteiger partial charge in [0, 0.05) is 13.7 Å². The molecule has 0 spiro atoms. The Hall–Kier alpha value is -1.86. The van der Waals surface area contributed by atoms with Gasteiger partial charge in [-0.15, -0.1) is 0 Å². The minimum Gasteiger partial charge on any atom is -0.370 e. The first kappa shape index (κ1) is 11.2. The molecule has 0 radical (unpaired) electrons. The van der Waals surface area contributed by atoms with E-state index in [4.69, 9.17) is 10.00 Å². The van der Waals surface area contributed by atoms with Crippen LogP contribution in [0.5, 0.6) is 0 Å². The molecule has 2 heterocycles. The highest BCUT2D eigenvalue weighted by atomic mass is 16.5. The van der Waals surface area contributed by atoms with Crippen molar-refractivity contribution >= 4 is 11.0 Å². The third kappa shape index (κ3) is 1.77. The Balaban J connectivity index is 2.07. The first-order valence-corrected chi connectivity index (χ1v) is 6.27. The van der Waals surface area contributed by atoms with Crippen LogP contribution in [-0.2, 0) is 11.8 Å². The van der Waals surface area contributed by atoms with E-state index >= 15 is 0 Å². The quantitative estimate of drug-likeness (QED) is 0.771. The van der Waals surface area contributed by atoms with E-state index in [9.17, 15) is 0 Å². The predicted molar refractivity (Wildman–Crippen MR) is 68.0 cm³/mol. The Bertz CT molecular complexity index is 618. The second kappa shape index (κ2) is 4.43. The topological polar surface area (TPSA) is 50.8 Å². The molecular weight excluding hydrogens is 226 g/mol. The third-order valence-electron chi connectivity index (χ3n) is 3.51. The first-order valence-electron chi connectivity index (χ1n) is 6.27. The fraction of sp³-hybridized carbons (Fsp3) is 0.429. The molecule has 1 aliphatic rings. The van der Waals surface area contributed by atoms with Gasteiger partial charge < -0.3 is 9.30 Å². The summed E-state index contributed by atoms with van der Waals surface area (Å²) in [6, 6.07) is 7.76. The van der Waals surface area contributed by atoms with Crippen LogP contribution in [0, 0.1) is 11.3 Å². The number of ether oxygens (including phenoxy) is 1. The van der Waals surface area contributed by atoms with Crippen LogP contribution in [-0.4, -0.2) is 16.2 Å². The van der Waals surface area contributed by atoms with Crippen LogP contribution in [0.25, 0.3) is 11.0 Å². The Morgan fingerprint density at radius 1 is 1.44 bits per heavy atom. The van der Waals surface area contributed by atoms with E-state index < -0.39 is 0 Å². The van der Waals surface area contributed by atoms with Gasteiger partial charge in [-0.2, -0.15) is 5.26 Å². The van der Waals surface area contributed by atoms with Crippen molar-refractivity contribution in [1.29, 1.82) is 5.26 Å². The van der Waals surface area contributed by atoms with E-state index in [1.807, 2.05) is 25.2 Å². The van der Waals surface area contributed by atoms with Crippen LogP contribution < -0.4 is 0 Å². The van der Waals surface area contributed by atoms with Gasteiger partial charge in [0.25, 0.3) is 0 Å². The summed E-state index contributed by atoms with van der Waals surface area (Å²) in [5.74, 6) is 0.972. The molecule has 4 nitrogen and oxygen atoms in total. The lowest BCUT2D eigenvalue weighted by atomic mass is 10.1. The zero-order valence-electron chi connectivity index (χ0n) is 10.4. The zero-order chi connectivity index (χ0) is 12.5. The summed E-state index contributed by atoms with van der Waals surface area (Å²) >= 11 is 0. The summed E-state index contributed by atoms with van der Waals surface area (Å²) in [6.07, 6.45) is 3.46. The van der Waals surface area contributed by atoms with E-state index in [0.717, 1.165) is 36.3 Å². The fourth-order valence-electron chi connectivity index (χ4n) is 2.52. The van der Waals surface area contributed by atoms with Crippen molar-refractivity contribution in [3.63, 3.8) is 0 Å². The van der Waals surface area contributed by atoms with Crippen LogP contribution in [0.1, 0.15) is 36.8 Å². The molecule has 3 rings (SSSR count). The summed E-state index contributed by atoms with van der Waals surface area (Å²) in [5.41, 5.74) is 2.58. The summed E-state index contributed by atoms with van der Waals surface area (Å²) in [7, 11) is 2.01. The van der Waals surface area contributed by atoms with Crippen LogP contribution in [0.4, 0.5) is 0 Å². The van der Waals surface area contributed by atoms with Crippen molar-refractivity contribution in [3.05, 3.63) is 29.6 Å². The fourth-order valence-corrected chi connectivity index (χ4v) is 2.52. The Kier molecular flexibility index (Phi) is 2.77. The van der Waals surface area contributed by atoms with Crippen molar-refractivity contribution < 1.29 is 4.74 Å². The molecule has 1 unspecified atom stereocenters. The molecule has 92 valence electrons. The smallest absolute Gasteiger partial charge is 0.138 e. The second-order valence-electron chi connectivity index (χ2n) is 4.70. The number of nitrogens with zero attached hydrogens (tertiary/aromatic N) is 3. The summed E-state index contributed by atoms with van der Waals surface area (Å²) in [4.78, 5) is 4.63. The van der Waals surface area contributed by atoms with E-state index in [1.54, 1.807) is 0 Å². The van der Waals surface area contributed by atoms with Crippen molar-refractivity contribution in [2.75, 3.05) is 6.61 Å². The lowest BCUT2D eigenvalue weighted by Crippen LogP contribution is -2.15. The van der Waals surface area contributed by atoms with Gasteiger partial charge in [-0.1, -0.05) is 0 Å². The average Bonchev–Trinajstić information content (AvgIpc) is 2.76. The molecule has 1 aliphatic heterocycles. The molecule has 1 atom stereocenters. The molecular formula is C14H15N3O. The number of imidazole rings is 1. The normalized spacial score (nSPS) is 19.9. The number of nitriles is 1. The molecule has 0 amide bonds. The van der Waals surface area contributed by atoms with Gasteiger partial charge in [0.2, 0.25) is 0 Å². The Morgan fingerprint density at radius 2 is 2.33 bits per heavy atom. The highest BCUT2D eigenvalue weighted by Crippen LogP contribution is 2.29. The SMILES string of the molecule is Cn1c(C2CCCCO2)nc2cc(C#N)ccc21. The lowest BCUT2D eigenvalue weighted by Gasteiger charge is -2.21. The number of aryl methyl sites for hydroxylation is 1. The average molecular weight is 241 g/mol. The second-order valence-corrected chi connectivity index (χ2v) is 4.70. The maximum absolute atomic E-state index is 8.91. The van der Waals surface area contributed by atoms with Crippen LogP contribution in [0.3, 0.4) is 0 Å². The minimum absolute atomic E-state index is 0.0988. The molecule has 18 heavy (non-hydrogen) atoms. The monoisotopic (exact) mass is 241 g/mol. The lowest BCUT2D eigenvalue weighted by molar-refractivity contribution is 0.00817. The molecule has 1 fully saturated rings. The largest absolute Gasteiger partial charge is 0.370 e. The van der Waals surface area contributed by atoms with Gasteiger partial charge in [0.05, 0.1) is 22.7 Å². The van der Waals surface area contributed by atoms with Crippen LogP contribution in [0.2, 0.25) is 0 Å². The van der Waals surface area contributed by atoms with E-state index in [0.29, 0.717) is 5.56 Å². The zero-order valence-corrected chi connectivity index (χ0v) is 10.4. The predicted octanol–water partition coefficient (Wildman–Crippen LogP) is 2.69. The highest BCUT2D eigenvalue weighted by Gasteiger charge is 2.21. The van der Waals surface area contributed by atoms with Crippen molar-refractivity contribution in [1.82, 2.24) is 9.55 Å². The Labute approximate surface area is 106 Å². The van der Waals surface area contributed by atoms with Gasteiger partial charge >= 0.3 is 0 Å². The number of aromatic nitrogens is 2. The molecule has 4 heteroatoms. The maximum Gasteiger partial charge on any atom is 0.138 e. The van der Waals surface area contributed by atoms with Crippen molar-refractivity contribution in [3.8, 4) is 6.07 Å². The van der Waals surface area contributed by atoms with Gasteiger partial charge in [-0.05, 0) is 37.5 Å². The number of fused-ring (bicyclic) bond motifs is 1. The Morgan fingerprint density at radius 3 is 3.06 bits per heavy atom. The summed E-state index contributed by atoms with van der Waals surface area (Å²) in [6.45, 7) is 0.817. The number of benzene rings is 1. The van der Waals surface area contributed by atoms with E-state index in [-0.39, 0.29) is 6.10 Å². The summed E-state index contributed by atoms with van der Waals surface area (Å²) < 4.78 is 7.86. The summed E-state index contributed by atoms with van der Waals surface area (Å²) in [5, 5.41) is 8.91. The molecule has 1 saturated heterocycles. The van der Waals surface area contributed by atoms with Crippen LogP contribution in [0.15, 0.2) is 18.2 Å².